The van der Waals surface area contributed by atoms with Crippen molar-refractivity contribution in [3.63, 3.8) is 0 Å². The summed E-state index contributed by atoms with van der Waals surface area (Å²) in [6.07, 6.45) is 3.08. The van der Waals surface area contributed by atoms with Gasteiger partial charge in [0.05, 0.1) is 4.90 Å². The van der Waals surface area contributed by atoms with Crippen molar-refractivity contribution >= 4 is 15.9 Å². The first-order valence-corrected chi connectivity index (χ1v) is 8.55. The van der Waals surface area contributed by atoms with Gasteiger partial charge < -0.3 is 10.1 Å². The number of benzene rings is 1. The van der Waals surface area contributed by atoms with Gasteiger partial charge in [0.25, 0.3) is 0 Å². The van der Waals surface area contributed by atoms with E-state index in [9.17, 15) is 13.2 Å². The Labute approximate surface area is 124 Å². The Morgan fingerprint density at radius 2 is 2.19 bits per heavy atom. The predicted octanol–water partition coefficient (Wildman–Crippen LogP) is 1.12. The number of amides is 1. The summed E-state index contributed by atoms with van der Waals surface area (Å²) in [4.78, 5) is 12.2. The van der Waals surface area contributed by atoms with Gasteiger partial charge in [-0.2, -0.15) is 0 Å². The molecule has 1 aliphatic rings. The highest BCUT2D eigenvalue weighted by Crippen LogP contribution is 2.35. The first-order chi connectivity index (χ1) is 9.93. The summed E-state index contributed by atoms with van der Waals surface area (Å²) in [6.45, 7) is 2.94. The monoisotopic (exact) mass is 312 g/mol. The summed E-state index contributed by atoms with van der Waals surface area (Å²) in [6, 6.07) is 4.35. The van der Waals surface area contributed by atoms with Crippen molar-refractivity contribution in [3.05, 3.63) is 23.8 Å². The third kappa shape index (κ3) is 3.74. The zero-order valence-electron chi connectivity index (χ0n) is 12.0. The molecule has 0 radical (unpaired) electrons. The lowest BCUT2D eigenvalue weighted by molar-refractivity contribution is -0.122. The van der Waals surface area contributed by atoms with E-state index in [0.717, 1.165) is 19.3 Å². The second kappa shape index (κ2) is 6.44. The molecule has 1 unspecified atom stereocenters. The normalized spacial score (nSPS) is 17.1. The highest BCUT2D eigenvalue weighted by Gasteiger charge is 2.31. The van der Waals surface area contributed by atoms with E-state index in [-0.39, 0.29) is 17.4 Å². The standard InChI is InChI=1S/C14H20N2O4S/c1-2-3-4-7-16-14(17)12-9-20-13-6-5-10(8-11(12)13)21(15,18)19/h5-6,8,12H,2-4,7,9H2,1H3,(H,16,17)(H2,15,18,19). The molecule has 21 heavy (non-hydrogen) atoms. The van der Waals surface area contributed by atoms with Crippen LogP contribution in [0.25, 0.3) is 0 Å². The Hall–Kier alpha value is -1.60. The number of nitrogens with two attached hydrogens (primary N) is 1. The summed E-state index contributed by atoms with van der Waals surface area (Å²) in [7, 11) is -3.79. The molecule has 0 aromatic heterocycles. The fourth-order valence-corrected chi connectivity index (χ4v) is 2.85. The molecule has 6 nitrogen and oxygen atoms in total. The van der Waals surface area contributed by atoms with E-state index in [4.69, 9.17) is 9.88 Å². The van der Waals surface area contributed by atoms with Crippen LogP contribution in [0.3, 0.4) is 0 Å². The Kier molecular flexibility index (Phi) is 4.84. The van der Waals surface area contributed by atoms with E-state index >= 15 is 0 Å². The van der Waals surface area contributed by atoms with Gasteiger partial charge in [-0.05, 0) is 24.6 Å². The highest BCUT2D eigenvalue weighted by atomic mass is 32.2. The first kappa shape index (κ1) is 15.8. The van der Waals surface area contributed by atoms with Gasteiger partial charge in [0.2, 0.25) is 15.9 Å². The fraction of sp³-hybridized carbons (Fsp3) is 0.500. The Morgan fingerprint density at radius 3 is 2.86 bits per heavy atom. The van der Waals surface area contributed by atoms with Gasteiger partial charge in [-0.1, -0.05) is 19.8 Å². The topological polar surface area (TPSA) is 98.5 Å². The molecule has 1 aliphatic heterocycles. The van der Waals surface area contributed by atoms with Gasteiger partial charge in [-0.3, -0.25) is 4.79 Å². The number of fused-ring (bicyclic) bond motifs is 1. The van der Waals surface area contributed by atoms with Gasteiger partial charge in [0.15, 0.2) is 0 Å². The zero-order chi connectivity index (χ0) is 15.5. The van der Waals surface area contributed by atoms with E-state index in [1.54, 1.807) is 6.07 Å². The number of rotatable bonds is 6. The van der Waals surface area contributed by atoms with Crippen molar-refractivity contribution in [3.8, 4) is 5.75 Å². The Balaban J connectivity index is 2.11. The lowest BCUT2D eigenvalue weighted by Gasteiger charge is -2.10. The second-order valence-corrected chi connectivity index (χ2v) is 6.67. The Morgan fingerprint density at radius 1 is 1.43 bits per heavy atom. The average molecular weight is 312 g/mol. The summed E-state index contributed by atoms with van der Waals surface area (Å²) in [5, 5.41) is 7.98. The van der Waals surface area contributed by atoms with E-state index in [1.165, 1.54) is 12.1 Å². The zero-order valence-corrected chi connectivity index (χ0v) is 12.8. The number of sulfonamides is 1. The van der Waals surface area contributed by atoms with Crippen LogP contribution in [0.15, 0.2) is 23.1 Å². The summed E-state index contributed by atoms with van der Waals surface area (Å²) in [5.41, 5.74) is 0.578. The number of carbonyl (C=O) groups excluding carboxylic acids is 1. The minimum atomic E-state index is -3.79. The lowest BCUT2D eigenvalue weighted by Crippen LogP contribution is -2.31. The highest BCUT2D eigenvalue weighted by molar-refractivity contribution is 7.89. The van der Waals surface area contributed by atoms with Crippen LogP contribution in [0.5, 0.6) is 5.75 Å². The maximum atomic E-state index is 12.2. The van der Waals surface area contributed by atoms with Crippen molar-refractivity contribution in [2.24, 2.45) is 5.14 Å². The molecule has 1 atom stereocenters. The van der Waals surface area contributed by atoms with E-state index in [1.807, 2.05) is 0 Å². The maximum Gasteiger partial charge on any atom is 0.238 e. The van der Waals surface area contributed by atoms with Crippen molar-refractivity contribution in [1.29, 1.82) is 0 Å². The average Bonchev–Trinajstić information content (AvgIpc) is 2.85. The largest absolute Gasteiger partial charge is 0.492 e. The third-order valence-electron chi connectivity index (χ3n) is 3.49. The van der Waals surface area contributed by atoms with E-state index in [0.29, 0.717) is 17.9 Å². The Bertz CT molecular complexity index is 628. The van der Waals surface area contributed by atoms with Crippen molar-refractivity contribution in [2.45, 2.75) is 37.0 Å². The molecule has 116 valence electrons. The van der Waals surface area contributed by atoms with Crippen LogP contribution in [-0.4, -0.2) is 27.5 Å². The fourth-order valence-electron chi connectivity index (χ4n) is 2.30. The smallest absolute Gasteiger partial charge is 0.238 e. The number of carbonyl (C=O) groups is 1. The molecule has 7 heteroatoms. The van der Waals surface area contributed by atoms with Gasteiger partial charge >= 0.3 is 0 Å². The summed E-state index contributed by atoms with van der Waals surface area (Å²) in [5.74, 6) is -0.0872. The summed E-state index contributed by atoms with van der Waals surface area (Å²) >= 11 is 0. The number of primary sulfonamides is 1. The predicted molar refractivity (Wildman–Crippen MR) is 78.6 cm³/mol. The number of hydrogen-bond donors (Lipinski definition) is 2. The van der Waals surface area contributed by atoms with Crippen LogP contribution in [0.2, 0.25) is 0 Å². The van der Waals surface area contributed by atoms with E-state index in [2.05, 4.69) is 12.2 Å². The molecular formula is C14H20N2O4S. The van der Waals surface area contributed by atoms with Gasteiger partial charge in [-0.15, -0.1) is 0 Å². The number of unbranched alkanes of at least 4 members (excludes halogenated alkanes) is 2. The first-order valence-electron chi connectivity index (χ1n) is 7.00. The van der Waals surface area contributed by atoms with Gasteiger partial charge in [0.1, 0.15) is 18.3 Å². The molecule has 0 bridgehead atoms. The van der Waals surface area contributed by atoms with Crippen LogP contribution in [0, 0.1) is 0 Å². The lowest BCUT2D eigenvalue weighted by atomic mass is 10.0. The molecule has 3 N–H and O–H groups in total. The molecule has 0 saturated carbocycles. The number of hydrogen-bond acceptors (Lipinski definition) is 4. The molecule has 1 amide bonds. The quantitative estimate of drug-likeness (QED) is 0.769. The van der Waals surface area contributed by atoms with Gasteiger partial charge in [0, 0.05) is 12.1 Å². The minimum Gasteiger partial charge on any atom is -0.492 e. The molecule has 0 spiro atoms. The van der Waals surface area contributed by atoms with E-state index < -0.39 is 15.9 Å². The second-order valence-electron chi connectivity index (χ2n) is 5.11. The minimum absolute atomic E-state index is 0.00414. The van der Waals surface area contributed by atoms with Crippen LogP contribution >= 0.6 is 0 Å². The van der Waals surface area contributed by atoms with Gasteiger partial charge in [-0.25, -0.2) is 13.6 Å². The number of ether oxygens (including phenoxy) is 1. The van der Waals surface area contributed by atoms with Crippen molar-refractivity contribution < 1.29 is 17.9 Å². The summed E-state index contributed by atoms with van der Waals surface area (Å²) < 4.78 is 28.2. The van der Waals surface area contributed by atoms with Crippen molar-refractivity contribution in [2.75, 3.05) is 13.2 Å². The molecule has 0 fully saturated rings. The van der Waals surface area contributed by atoms with Crippen LogP contribution < -0.4 is 15.2 Å². The molecule has 1 aromatic carbocycles. The third-order valence-corrected chi connectivity index (χ3v) is 4.40. The number of nitrogens with one attached hydrogen (secondary N) is 1. The SMILES string of the molecule is CCCCCNC(=O)C1COc2ccc(S(N)(=O)=O)cc21. The van der Waals surface area contributed by atoms with Crippen LogP contribution in [0.1, 0.15) is 37.7 Å². The molecule has 1 heterocycles. The van der Waals surface area contributed by atoms with Crippen LogP contribution in [-0.2, 0) is 14.8 Å². The molecule has 0 aliphatic carbocycles. The molecule has 2 rings (SSSR count). The molecule has 0 saturated heterocycles. The van der Waals surface area contributed by atoms with Crippen LogP contribution in [0.4, 0.5) is 0 Å². The molecular weight excluding hydrogens is 292 g/mol. The maximum absolute atomic E-state index is 12.2. The molecule has 1 aromatic rings. The van der Waals surface area contributed by atoms with Crippen molar-refractivity contribution in [1.82, 2.24) is 5.32 Å².